The highest BCUT2D eigenvalue weighted by molar-refractivity contribution is 6.08. The largest absolute Gasteiger partial charge is 0.453 e. The van der Waals surface area contributed by atoms with Crippen molar-refractivity contribution in [3.8, 4) is 5.69 Å². The van der Waals surface area contributed by atoms with Crippen LogP contribution in [0.1, 0.15) is 20.8 Å². The normalized spacial score (nSPS) is 10.8. The number of nitrogens with zero attached hydrogens (tertiary/aromatic N) is 3. The predicted molar refractivity (Wildman–Crippen MR) is 98.7 cm³/mol. The summed E-state index contributed by atoms with van der Waals surface area (Å²) in [5, 5.41) is 4.85. The fourth-order valence-corrected chi connectivity index (χ4v) is 2.73. The first-order valence-corrected chi connectivity index (χ1v) is 8.16. The number of benzene rings is 1. The van der Waals surface area contributed by atoms with Crippen molar-refractivity contribution < 1.29 is 14.3 Å². The molecule has 3 aromatic heterocycles. The SMILES string of the molecule is Nc1ccccc1-n1ccc(C(=O)OCC(=O)c2c[nH]c3ncccc23)n1. The van der Waals surface area contributed by atoms with E-state index in [1.807, 2.05) is 12.1 Å². The van der Waals surface area contributed by atoms with Gasteiger partial charge < -0.3 is 15.5 Å². The summed E-state index contributed by atoms with van der Waals surface area (Å²) in [6, 6.07) is 12.2. The molecule has 0 radical (unpaired) electrons. The van der Waals surface area contributed by atoms with Crippen LogP contribution in [0.5, 0.6) is 0 Å². The number of fused-ring (bicyclic) bond motifs is 1. The lowest BCUT2D eigenvalue weighted by Crippen LogP contribution is -2.15. The Morgan fingerprint density at radius 1 is 1.15 bits per heavy atom. The fourth-order valence-electron chi connectivity index (χ4n) is 2.73. The lowest BCUT2D eigenvalue weighted by Gasteiger charge is -2.04. The van der Waals surface area contributed by atoms with Gasteiger partial charge in [-0.2, -0.15) is 5.10 Å². The summed E-state index contributed by atoms with van der Waals surface area (Å²) in [6.07, 6.45) is 4.79. The lowest BCUT2D eigenvalue weighted by molar-refractivity contribution is 0.0469. The summed E-state index contributed by atoms with van der Waals surface area (Å²) in [4.78, 5) is 31.6. The molecule has 0 atom stereocenters. The first-order chi connectivity index (χ1) is 13.1. The third-order valence-electron chi connectivity index (χ3n) is 4.07. The number of nitrogen functional groups attached to an aromatic ring is 1. The molecule has 0 bridgehead atoms. The van der Waals surface area contributed by atoms with Crippen LogP contribution in [0.4, 0.5) is 5.69 Å². The van der Waals surface area contributed by atoms with E-state index in [2.05, 4.69) is 15.1 Å². The number of carbonyl (C=O) groups is 2. The molecule has 0 amide bonds. The zero-order valence-corrected chi connectivity index (χ0v) is 14.1. The van der Waals surface area contributed by atoms with Crippen LogP contribution < -0.4 is 5.73 Å². The number of para-hydroxylation sites is 2. The Morgan fingerprint density at radius 3 is 2.85 bits per heavy atom. The highest BCUT2D eigenvalue weighted by Crippen LogP contribution is 2.17. The number of pyridine rings is 1. The Balaban J connectivity index is 1.46. The van der Waals surface area contributed by atoms with Crippen molar-refractivity contribution >= 4 is 28.5 Å². The summed E-state index contributed by atoms with van der Waals surface area (Å²) in [7, 11) is 0. The number of nitrogens with one attached hydrogen (secondary N) is 1. The Bertz CT molecular complexity index is 1140. The molecule has 3 N–H and O–H groups in total. The number of anilines is 1. The molecule has 1 aromatic carbocycles. The van der Waals surface area contributed by atoms with Gasteiger partial charge in [-0.15, -0.1) is 0 Å². The van der Waals surface area contributed by atoms with Crippen molar-refractivity contribution in [3.63, 3.8) is 0 Å². The molecule has 0 fully saturated rings. The lowest BCUT2D eigenvalue weighted by atomic mass is 10.1. The minimum absolute atomic E-state index is 0.0895. The number of ether oxygens (including phenoxy) is 1. The molecule has 27 heavy (non-hydrogen) atoms. The van der Waals surface area contributed by atoms with Crippen LogP contribution in [-0.4, -0.2) is 38.1 Å². The van der Waals surface area contributed by atoms with Crippen LogP contribution in [0.15, 0.2) is 61.1 Å². The highest BCUT2D eigenvalue weighted by atomic mass is 16.5. The van der Waals surface area contributed by atoms with Crippen molar-refractivity contribution in [2.24, 2.45) is 0 Å². The molecule has 0 saturated carbocycles. The number of carbonyl (C=O) groups excluding carboxylic acids is 2. The molecule has 0 aliphatic carbocycles. The third kappa shape index (κ3) is 3.15. The van der Waals surface area contributed by atoms with Crippen LogP contribution in [0, 0.1) is 0 Å². The van der Waals surface area contributed by atoms with E-state index in [-0.39, 0.29) is 18.1 Å². The second-order valence-electron chi connectivity index (χ2n) is 5.81. The maximum Gasteiger partial charge on any atom is 0.359 e. The standard InChI is InChI=1S/C19H15N5O3/c20-14-5-1-2-6-16(14)24-9-7-15(23-24)19(26)27-11-17(25)13-10-22-18-12(13)4-3-8-21-18/h1-10H,11,20H2,(H,21,22). The van der Waals surface area contributed by atoms with Gasteiger partial charge in [0.05, 0.1) is 11.4 Å². The average Bonchev–Trinajstić information content (AvgIpc) is 3.33. The molecule has 8 nitrogen and oxygen atoms in total. The Hall–Kier alpha value is -3.94. The Labute approximate surface area is 153 Å². The van der Waals surface area contributed by atoms with Gasteiger partial charge in [0.15, 0.2) is 12.3 Å². The van der Waals surface area contributed by atoms with Gasteiger partial charge in [-0.05, 0) is 30.3 Å². The van der Waals surface area contributed by atoms with Gasteiger partial charge in [0.1, 0.15) is 5.65 Å². The molecule has 8 heteroatoms. The molecule has 0 unspecified atom stereocenters. The van der Waals surface area contributed by atoms with E-state index < -0.39 is 5.97 Å². The first-order valence-electron chi connectivity index (χ1n) is 8.16. The maximum absolute atomic E-state index is 12.4. The van der Waals surface area contributed by atoms with Crippen LogP contribution in [0.25, 0.3) is 16.7 Å². The molecule has 134 valence electrons. The molecular formula is C19H15N5O3. The van der Waals surface area contributed by atoms with Crippen molar-refractivity contribution in [2.45, 2.75) is 0 Å². The number of esters is 1. The number of Topliss-reactive ketones (excluding diaryl/α,β-unsaturated/α-hetero) is 1. The van der Waals surface area contributed by atoms with E-state index in [9.17, 15) is 9.59 Å². The monoisotopic (exact) mass is 361 g/mol. The molecule has 4 aromatic rings. The van der Waals surface area contributed by atoms with Crippen LogP contribution in [0.2, 0.25) is 0 Å². The summed E-state index contributed by atoms with van der Waals surface area (Å²) < 4.78 is 6.60. The Kier molecular flexibility index (Phi) is 4.13. The zero-order chi connectivity index (χ0) is 18.8. The topological polar surface area (TPSA) is 116 Å². The van der Waals surface area contributed by atoms with Gasteiger partial charge in [0.25, 0.3) is 0 Å². The molecule has 0 spiro atoms. The van der Waals surface area contributed by atoms with E-state index in [4.69, 9.17) is 10.5 Å². The number of H-pyrrole nitrogens is 1. The summed E-state index contributed by atoms with van der Waals surface area (Å²) in [5.41, 5.74) is 8.21. The number of rotatable bonds is 5. The van der Waals surface area contributed by atoms with Gasteiger partial charge in [-0.25, -0.2) is 14.5 Å². The van der Waals surface area contributed by atoms with Crippen molar-refractivity contribution in [1.82, 2.24) is 19.7 Å². The first kappa shape index (κ1) is 16.5. The molecule has 0 saturated heterocycles. The Morgan fingerprint density at radius 2 is 2.00 bits per heavy atom. The summed E-state index contributed by atoms with van der Waals surface area (Å²) >= 11 is 0. The van der Waals surface area contributed by atoms with Crippen LogP contribution in [-0.2, 0) is 4.74 Å². The second kappa shape index (κ2) is 6.75. The number of hydrogen-bond acceptors (Lipinski definition) is 6. The van der Waals surface area contributed by atoms with Crippen molar-refractivity contribution in [1.29, 1.82) is 0 Å². The van der Waals surface area contributed by atoms with E-state index in [0.29, 0.717) is 28.0 Å². The van der Waals surface area contributed by atoms with E-state index >= 15 is 0 Å². The average molecular weight is 361 g/mol. The van der Waals surface area contributed by atoms with Gasteiger partial charge in [0.2, 0.25) is 5.78 Å². The molecule has 3 heterocycles. The summed E-state index contributed by atoms with van der Waals surface area (Å²) in [5.74, 6) is -1.01. The van der Waals surface area contributed by atoms with Gasteiger partial charge >= 0.3 is 5.97 Å². The van der Waals surface area contributed by atoms with E-state index in [1.54, 1.807) is 42.9 Å². The zero-order valence-electron chi connectivity index (χ0n) is 14.1. The van der Waals surface area contributed by atoms with Gasteiger partial charge in [-0.3, -0.25) is 4.79 Å². The quantitative estimate of drug-likeness (QED) is 0.320. The fraction of sp³-hybridized carbons (Fsp3) is 0.0526. The third-order valence-corrected chi connectivity index (χ3v) is 4.07. The number of ketones is 1. The number of nitrogens with two attached hydrogens (primary N) is 1. The minimum Gasteiger partial charge on any atom is -0.453 e. The molecular weight excluding hydrogens is 346 g/mol. The number of aromatic amines is 1. The van der Waals surface area contributed by atoms with E-state index in [1.165, 1.54) is 10.7 Å². The smallest absolute Gasteiger partial charge is 0.359 e. The predicted octanol–water partition coefficient (Wildman–Crippen LogP) is 2.37. The molecule has 0 aliphatic heterocycles. The van der Waals surface area contributed by atoms with Crippen LogP contribution in [0.3, 0.4) is 0 Å². The highest BCUT2D eigenvalue weighted by Gasteiger charge is 2.17. The number of hydrogen-bond donors (Lipinski definition) is 2. The maximum atomic E-state index is 12.4. The van der Waals surface area contributed by atoms with Crippen molar-refractivity contribution in [3.05, 3.63) is 72.3 Å². The summed E-state index contributed by atoms with van der Waals surface area (Å²) in [6.45, 7) is -0.388. The second-order valence-corrected chi connectivity index (χ2v) is 5.81. The van der Waals surface area contributed by atoms with Crippen LogP contribution >= 0.6 is 0 Å². The molecule has 4 rings (SSSR count). The van der Waals surface area contributed by atoms with Gasteiger partial charge in [-0.1, -0.05) is 12.1 Å². The number of aromatic nitrogens is 4. The van der Waals surface area contributed by atoms with E-state index in [0.717, 1.165) is 0 Å². The van der Waals surface area contributed by atoms with Gasteiger partial charge in [0, 0.05) is 29.5 Å². The minimum atomic E-state index is -0.686. The van der Waals surface area contributed by atoms with Crippen molar-refractivity contribution in [2.75, 3.05) is 12.3 Å². The molecule has 0 aliphatic rings.